The first kappa shape index (κ1) is 15.2. The van der Waals surface area contributed by atoms with Crippen LogP contribution in [0.2, 0.25) is 0 Å². The maximum atomic E-state index is 11.0. The van der Waals surface area contributed by atoms with Crippen LogP contribution in [0.15, 0.2) is 11.6 Å². The quantitative estimate of drug-likeness (QED) is 0.603. The lowest BCUT2D eigenvalue weighted by atomic mass is 9.46. The van der Waals surface area contributed by atoms with Gasteiger partial charge in [-0.05, 0) is 73.5 Å². The van der Waals surface area contributed by atoms with Crippen molar-refractivity contribution < 1.29 is 15.3 Å². The van der Waals surface area contributed by atoms with E-state index in [9.17, 15) is 15.3 Å². The molecule has 4 rings (SSSR count). The third kappa shape index (κ3) is 1.85. The van der Waals surface area contributed by atoms with E-state index in [1.807, 2.05) is 0 Å². The van der Waals surface area contributed by atoms with E-state index >= 15 is 0 Å². The molecule has 0 radical (unpaired) electrons. The Labute approximate surface area is 133 Å². The largest absolute Gasteiger partial charge is 0.393 e. The second-order valence-electron chi connectivity index (χ2n) is 8.92. The molecule has 0 spiro atoms. The van der Waals surface area contributed by atoms with E-state index in [2.05, 4.69) is 19.9 Å². The van der Waals surface area contributed by atoms with Gasteiger partial charge < -0.3 is 15.3 Å². The van der Waals surface area contributed by atoms with Crippen molar-refractivity contribution in [3.05, 3.63) is 11.6 Å². The predicted octanol–water partition coefficient (Wildman–Crippen LogP) is 2.64. The zero-order chi connectivity index (χ0) is 15.7. The summed E-state index contributed by atoms with van der Waals surface area (Å²) in [6.07, 6.45) is 7.96. The highest BCUT2D eigenvalue weighted by atomic mass is 16.3. The van der Waals surface area contributed by atoms with Crippen LogP contribution in [-0.2, 0) is 0 Å². The van der Waals surface area contributed by atoms with Crippen molar-refractivity contribution in [2.24, 2.45) is 28.6 Å². The summed E-state index contributed by atoms with van der Waals surface area (Å²) in [7, 11) is 0. The summed E-state index contributed by atoms with van der Waals surface area (Å²) >= 11 is 0. The third-order valence-corrected chi connectivity index (χ3v) is 7.97. The topological polar surface area (TPSA) is 60.7 Å². The summed E-state index contributed by atoms with van der Waals surface area (Å²) < 4.78 is 0. The predicted molar refractivity (Wildman–Crippen MR) is 85.1 cm³/mol. The molecular weight excluding hydrogens is 276 g/mol. The van der Waals surface area contributed by atoms with E-state index in [0.29, 0.717) is 17.8 Å². The highest BCUT2D eigenvalue weighted by molar-refractivity contribution is 5.26. The van der Waals surface area contributed by atoms with Crippen LogP contribution >= 0.6 is 0 Å². The van der Waals surface area contributed by atoms with E-state index in [1.54, 1.807) is 0 Å². The molecule has 124 valence electrons. The molecule has 4 aliphatic carbocycles. The SMILES string of the molecule is CC12CCC(O)C=C1CCC1C2C(O)C[C@]2(C)C(O)CCC12. The lowest BCUT2D eigenvalue weighted by Crippen LogP contribution is -2.57. The molecular formula is C19H30O3. The van der Waals surface area contributed by atoms with Crippen molar-refractivity contribution in [3.8, 4) is 0 Å². The van der Waals surface area contributed by atoms with Gasteiger partial charge in [-0.1, -0.05) is 25.5 Å². The smallest absolute Gasteiger partial charge is 0.0724 e. The van der Waals surface area contributed by atoms with Crippen LogP contribution in [0.1, 0.15) is 58.8 Å². The molecule has 4 aliphatic rings. The highest BCUT2D eigenvalue weighted by Crippen LogP contribution is 2.65. The van der Waals surface area contributed by atoms with Gasteiger partial charge in [0.15, 0.2) is 0 Å². The van der Waals surface area contributed by atoms with Crippen molar-refractivity contribution in [1.29, 1.82) is 0 Å². The Morgan fingerprint density at radius 1 is 1.05 bits per heavy atom. The second kappa shape index (κ2) is 4.81. The molecule has 0 aromatic heterocycles. The van der Waals surface area contributed by atoms with Gasteiger partial charge in [0.1, 0.15) is 0 Å². The molecule has 0 aromatic carbocycles. The lowest BCUT2D eigenvalue weighted by Gasteiger charge is -2.59. The summed E-state index contributed by atoms with van der Waals surface area (Å²) in [5.74, 6) is 1.40. The third-order valence-electron chi connectivity index (χ3n) is 7.97. The van der Waals surface area contributed by atoms with E-state index in [0.717, 1.165) is 44.9 Å². The molecule has 0 heterocycles. The fourth-order valence-corrected chi connectivity index (χ4v) is 6.81. The highest BCUT2D eigenvalue weighted by Gasteiger charge is 2.61. The Kier molecular flexibility index (Phi) is 3.32. The molecule has 0 amide bonds. The maximum absolute atomic E-state index is 11.0. The molecule has 0 aromatic rings. The summed E-state index contributed by atoms with van der Waals surface area (Å²) in [6, 6.07) is 0. The fraction of sp³-hybridized carbons (Fsp3) is 0.895. The monoisotopic (exact) mass is 306 g/mol. The number of aliphatic hydroxyl groups excluding tert-OH is 3. The van der Waals surface area contributed by atoms with E-state index in [1.165, 1.54) is 5.57 Å². The molecule has 0 saturated heterocycles. The molecule has 3 saturated carbocycles. The van der Waals surface area contributed by atoms with Crippen LogP contribution in [0.5, 0.6) is 0 Å². The van der Waals surface area contributed by atoms with Gasteiger partial charge in [0, 0.05) is 0 Å². The molecule has 8 atom stereocenters. The van der Waals surface area contributed by atoms with Crippen molar-refractivity contribution in [2.75, 3.05) is 0 Å². The van der Waals surface area contributed by atoms with Gasteiger partial charge in [-0.3, -0.25) is 0 Å². The summed E-state index contributed by atoms with van der Waals surface area (Å²) in [5, 5.41) is 31.4. The minimum absolute atomic E-state index is 0.0520. The van der Waals surface area contributed by atoms with Crippen molar-refractivity contribution >= 4 is 0 Å². The van der Waals surface area contributed by atoms with Crippen molar-refractivity contribution in [1.82, 2.24) is 0 Å². The van der Waals surface area contributed by atoms with Gasteiger partial charge in [0.05, 0.1) is 18.3 Å². The van der Waals surface area contributed by atoms with E-state index < -0.39 is 0 Å². The standard InChI is InChI=1S/C19H30O3/c1-18-8-7-12(20)9-11(18)3-4-13-14-5-6-16(22)19(14,2)10-15(21)17(13)18/h9,12-17,20-22H,3-8,10H2,1-2H3/t12?,13?,14?,15?,16?,17?,18?,19-/m0/s1. The van der Waals surface area contributed by atoms with Crippen molar-refractivity contribution in [3.63, 3.8) is 0 Å². The van der Waals surface area contributed by atoms with Crippen LogP contribution in [0.25, 0.3) is 0 Å². The van der Waals surface area contributed by atoms with Crippen LogP contribution in [-0.4, -0.2) is 33.6 Å². The molecule has 3 heteroatoms. The van der Waals surface area contributed by atoms with Gasteiger partial charge in [0.2, 0.25) is 0 Å². The Bertz CT molecular complexity index is 501. The molecule has 3 nitrogen and oxygen atoms in total. The zero-order valence-corrected chi connectivity index (χ0v) is 13.8. The van der Waals surface area contributed by atoms with Crippen molar-refractivity contribution in [2.45, 2.75) is 77.1 Å². The Hall–Kier alpha value is -0.380. The molecule has 0 bridgehead atoms. The zero-order valence-electron chi connectivity index (χ0n) is 13.8. The number of rotatable bonds is 0. The number of allylic oxidation sites excluding steroid dienone is 1. The Morgan fingerprint density at radius 3 is 2.59 bits per heavy atom. The first-order valence-corrected chi connectivity index (χ1v) is 9.11. The first-order chi connectivity index (χ1) is 10.4. The van der Waals surface area contributed by atoms with Gasteiger partial charge in [-0.2, -0.15) is 0 Å². The number of aliphatic hydroxyl groups is 3. The first-order valence-electron chi connectivity index (χ1n) is 9.11. The molecule has 3 fully saturated rings. The van der Waals surface area contributed by atoms with E-state index in [4.69, 9.17) is 0 Å². The number of hydrogen-bond donors (Lipinski definition) is 3. The molecule has 3 N–H and O–H groups in total. The Morgan fingerprint density at radius 2 is 1.82 bits per heavy atom. The maximum Gasteiger partial charge on any atom is 0.0724 e. The van der Waals surface area contributed by atoms with Gasteiger partial charge in [-0.15, -0.1) is 0 Å². The average molecular weight is 306 g/mol. The van der Waals surface area contributed by atoms with E-state index in [-0.39, 0.29) is 29.1 Å². The van der Waals surface area contributed by atoms with Gasteiger partial charge in [-0.25, -0.2) is 0 Å². The average Bonchev–Trinajstić information content (AvgIpc) is 2.75. The van der Waals surface area contributed by atoms with Gasteiger partial charge in [0.25, 0.3) is 0 Å². The molecule has 0 aliphatic heterocycles. The minimum atomic E-state index is -0.317. The normalized spacial score (nSPS) is 57.6. The van der Waals surface area contributed by atoms with Gasteiger partial charge >= 0.3 is 0 Å². The van der Waals surface area contributed by atoms with Crippen LogP contribution < -0.4 is 0 Å². The summed E-state index contributed by atoms with van der Waals surface area (Å²) in [4.78, 5) is 0. The number of fused-ring (bicyclic) bond motifs is 5. The fourth-order valence-electron chi connectivity index (χ4n) is 6.81. The second-order valence-corrected chi connectivity index (χ2v) is 8.92. The molecule has 7 unspecified atom stereocenters. The summed E-state index contributed by atoms with van der Waals surface area (Å²) in [5.41, 5.74) is 1.34. The van der Waals surface area contributed by atoms with Crippen LogP contribution in [0.4, 0.5) is 0 Å². The Balaban J connectivity index is 1.72. The minimum Gasteiger partial charge on any atom is -0.393 e. The lowest BCUT2D eigenvalue weighted by molar-refractivity contribution is -0.141. The van der Waals surface area contributed by atoms with Crippen LogP contribution in [0.3, 0.4) is 0 Å². The van der Waals surface area contributed by atoms with Crippen LogP contribution in [0, 0.1) is 28.6 Å². The summed E-state index contributed by atoms with van der Waals surface area (Å²) in [6.45, 7) is 4.52. The molecule has 22 heavy (non-hydrogen) atoms. The number of hydrogen-bond acceptors (Lipinski definition) is 3.